The zero-order valence-electron chi connectivity index (χ0n) is 10.3. The number of anilines is 1. The third-order valence-corrected chi connectivity index (χ3v) is 3.24. The fourth-order valence-electron chi connectivity index (χ4n) is 2.28. The molecular formula is C14H17N3O. The van der Waals surface area contributed by atoms with Crippen molar-refractivity contribution < 1.29 is 4.74 Å². The average Bonchev–Trinajstić information content (AvgIpc) is 2.92. The highest BCUT2D eigenvalue weighted by Gasteiger charge is 2.14. The van der Waals surface area contributed by atoms with Gasteiger partial charge >= 0.3 is 0 Å². The van der Waals surface area contributed by atoms with Gasteiger partial charge in [-0.05, 0) is 31.4 Å². The summed E-state index contributed by atoms with van der Waals surface area (Å²) < 4.78 is 5.59. The first-order chi connectivity index (χ1) is 8.92. The molecule has 0 saturated carbocycles. The van der Waals surface area contributed by atoms with Gasteiger partial charge in [0.2, 0.25) is 0 Å². The summed E-state index contributed by atoms with van der Waals surface area (Å²) >= 11 is 0. The highest BCUT2D eigenvalue weighted by atomic mass is 16.5. The van der Waals surface area contributed by atoms with Gasteiger partial charge in [-0.15, -0.1) is 0 Å². The summed E-state index contributed by atoms with van der Waals surface area (Å²) in [6, 6.07) is 7.90. The van der Waals surface area contributed by atoms with Crippen molar-refractivity contribution in [3.8, 4) is 0 Å². The van der Waals surface area contributed by atoms with E-state index in [9.17, 15) is 0 Å². The number of rotatable bonds is 4. The van der Waals surface area contributed by atoms with Crippen molar-refractivity contribution >= 4 is 16.9 Å². The molecule has 4 nitrogen and oxygen atoms in total. The van der Waals surface area contributed by atoms with Crippen LogP contribution in [0, 0.1) is 0 Å². The van der Waals surface area contributed by atoms with E-state index in [0.717, 1.165) is 36.4 Å². The predicted molar refractivity (Wildman–Crippen MR) is 71.6 cm³/mol. The van der Waals surface area contributed by atoms with Crippen molar-refractivity contribution in [2.75, 3.05) is 18.5 Å². The molecule has 1 aliphatic rings. The van der Waals surface area contributed by atoms with Crippen molar-refractivity contribution in [1.82, 2.24) is 9.97 Å². The van der Waals surface area contributed by atoms with Crippen LogP contribution in [0.5, 0.6) is 0 Å². The van der Waals surface area contributed by atoms with Gasteiger partial charge in [0, 0.05) is 13.2 Å². The predicted octanol–water partition coefficient (Wildman–Crippen LogP) is 2.61. The maximum Gasteiger partial charge on any atom is 0.145 e. The summed E-state index contributed by atoms with van der Waals surface area (Å²) in [7, 11) is 0. The Kier molecular flexibility index (Phi) is 3.37. The second-order valence-corrected chi connectivity index (χ2v) is 4.59. The van der Waals surface area contributed by atoms with Gasteiger partial charge in [-0.25, -0.2) is 4.98 Å². The lowest BCUT2D eigenvalue weighted by Crippen LogP contribution is -2.13. The van der Waals surface area contributed by atoms with Crippen LogP contribution in [0.3, 0.4) is 0 Å². The molecule has 1 saturated heterocycles. The van der Waals surface area contributed by atoms with Crippen LogP contribution < -0.4 is 5.32 Å². The van der Waals surface area contributed by atoms with E-state index in [4.69, 9.17) is 4.74 Å². The van der Waals surface area contributed by atoms with Crippen molar-refractivity contribution in [2.45, 2.75) is 25.4 Å². The van der Waals surface area contributed by atoms with Gasteiger partial charge in [-0.1, -0.05) is 12.1 Å². The number of nitrogens with zero attached hydrogens (tertiary/aromatic N) is 2. The maximum absolute atomic E-state index is 5.59. The average molecular weight is 243 g/mol. The minimum Gasteiger partial charge on any atom is -0.378 e. The second kappa shape index (κ2) is 5.31. The summed E-state index contributed by atoms with van der Waals surface area (Å²) in [4.78, 5) is 8.90. The number of hydrogen-bond donors (Lipinski definition) is 1. The van der Waals surface area contributed by atoms with Crippen LogP contribution >= 0.6 is 0 Å². The number of hydrogen-bond acceptors (Lipinski definition) is 4. The summed E-state index contributed by atoms with van der Waals surface area (Å²) in [6.07, 6.45) is 5.63. The number of benzene rings is 1. The van der Waals surface area contributed by atoms with Crippen molar-refractivity contribution in [2.24, 2.45) is 0 Å². The Hall–Kier alpha value is -1.68. The standard InChI is InChI=1S/C14H17N3O/c1-2-6-13-12(5-1)16-10-14(17-13)15-8-7-11-4-3-9-18-11/h1-2,5-6,10-11H,3-4,7-9H2,(H,15,17)/t11-/m0/s1. The minimum absolute atomic E-state index is 0.422. The van der Waals surface area contributed by atoms with Gasteiger partial charge in [0.1, 0.15) is 5.82 Å². The fraction of sp³-hybridized carbons (Fsp3) is 0.429. The molecule has 3 rings (SSSR count). The van der Waals surface area contributed by atoms with Crippen LogP contribution in [-0.2, 0) is 4.74 Å². The zero-order chi connectivity index (χ0) is 12.2. The Morgan fingerprint density at radius 1 is 1.28 bits per heavy atom. The van der Waals surface area contributed by atoms with Gasteiger partial charge in [0.05, 0.1) is 23.3 Å². The Morgan fingerprint density at radius 2 is 2.17 bits per heavy atom. The van der Waals surface area contributed by atoms with Crippen LogP contribution in [0.4, 0.5) is 5.82 Å². The third kappa shape index (κ3) is 2.59. The molecule has 1 N–H and O–H groups in total. The monoisotopic (exact) mass is 243 g/mol. The molecule has 1 aromatic carbocycles. The zero-order valence-corrected chi connectivity index (χ0v) is 10.3. The van der Waals surface area contributed by atoms with E-state index in [2.05, 4.69) is 15.3 Å². The Labute approximate surface area is 106 Å². The lowest BCUT2D eigenvalue weighted by atomic mass is 10.2. The summed E-state index contributed by atoms with van der Waals surface area (Å²) in [6.45, 7) is 1.80. The number of nitrogens with one attached hydrogen (secondary N) is 1. The minimum atomic E-state index is 0.422. The van der Waals surface area contributed by atoms with Crippen molar-refractivity contribution in [3.63, 3.8) is 0 Å². The molecule has 18 heavy (non-hydrogen) atoms. The van der Waals surface area contributed by atoms with Crippen LogP contribution in [-0.4, -0.2) is 29.2 Å². The van der Waals surface area contributed by atoms with E-state index in [1.54, 1.807) is 6.20 Å². The molecule has 1 fully saturated rings. The van der Waals surface area contributed by atoms with Gasteiger partial charge in [0.25, 0.3) is 0 Å². The molecule has 2 aromatic rings. The molecule has 2 heterocycles. The third-order valence-electron chi connectivity index (χ3n) is 3.24. The molecule has 0 radical (unpaired) electrons. The number of ether oxygens (including phenoxy) is 1. The van der Waals surface area contributed by atoms with E-state index in [0.29, 0.717) is 6.10 Å². The lowest BCUT2D eigenvalue weighted by molar-refractivity contribution is 0.107. The highest BCUT2D eigenvalue weighted by Crippen LogP contribution is 2.16. The van der Waals surface area contributed by atoms with Crippen LogP contribution in [0.15, 0.2) is 30.5 Å². The Bertz CT molecular complexity index is 523. The van der Waals surface area contributed by atoms with E-state index in [-0.39, 0.29) is 0 Å². The quantitative estimate of drug-likeness (QED) is 0.896. The second-order valence-electron chi connectivity index (χ2n) is 4.59. The summed E-state index contributed by atoms with van der Waals surface area (Å²) in [5.41, 5.74) is 1.86. The molecule has 0 unspecified atom stereocenters. The molecule has 0 spiro atoms. The van der Waals surface area contributed by atoms with Crippen LogP contribution in [0.2, 0.25) is 0 Å². The first-order valence-corrected chi connectivity index (χ1v) is 6.49. The smallest absolute Gasteiger partial charge is 0.145 e. The lowest BCUT2D eigenvalue weighted by Gasteiger charge is -2.10. The van der Waals surface area contributed by atoms with Crippen molar-refractivity contribution in [3.05, 3.63) is 30.5 Å². The molecule has 4 heteroatoms. The van der Waals surface area contributed by atoms with E-state index in [1.807, 2.05) is 24.3 Å². The van der Waals surface area contributed by atoms with Gasteiger partial charge in [0.15, 0.2) is 0 Å². The van der Waals surface area contributed by atoms with Crippen molar-refractivity contribution in [1.29, 1.82) is 0 Å². The molecular weight excluding hydrogens is 226 g/mol. The normalized spacial score (nSPS) is 19.2. The SMILES string of the molecule is c1ccc2nc(NCC[C@@H]3CCCO3)cnc2c1. The summed E-state index contributed by atoms with van der Waals surface area (Å²) in [5, 5.41) is 3.31. The highest BCUT2D eigenvalue weighted by molar-refractivity contribution is 5.75. The topological polar surface area (TPSA) is 47.0 Å². The molecule has 0 aliphatic carbocycles. The molecule has 0 amide bonds. The number of aromatic nitrogens is 2. The van der Waals surface area contributed by atoms with Gasteiger partial charge in [-0.3, -0.25) is 4.98 Å². The molecule has 0 bridgehead atoms. The first kappa shape index (κ1) is 11.4. The van der Waals surface area contributed by atoms with Gasteiger partial charge < -0.3 is 10.1 Å². The van der Waals surface area contributed by atoms with Crippen LogP contribution in [0.1, 0.15) is 19.3 Å². The van der Waals surface area contributed by atoms with E-state index >= 15 is 0 Å². The first-order valence-electron chi connectivity index (χ1n) is 6.49. The summed E-state index contributed by atoms with van der Waals surface area (Å²) in [5.74, 6) is 0.840. The van der Waals surface area contributed by atoms with Crippen LogP contribution in [0.25, 0.3) is 11.0 Å². The molecule has 94 valence electrons. The molecule has 1 aromatic heterocycles. The largest absolute Gasteiger partial charge is 0.378 e. The Balaban J connectivity index is 1.60. The Morgan fingerprint density at radius 3 is 3.00 bits per heavy atom. The van der Waals surface area contributed by atoms with E-state index in [1.165, 1.54) is 12.8 Å². The van der Waals surface area contributed by atoms with Gasteiger partial charge in [-0.2, -0.15) is 0 Å². The van der Waals surface area contributed by atoms with E-state index < -0.39 is 0 Å². The molecule has 1 aliphatic heterocycles. The molecule has 1 atom stereocenters. The number of para-hydroxylation sites is 2. The maximum atomic E-state index is 5.59. The fourth-order valence-corrected chi connectivity index (χ4v) is 2.28. The number of fused-ring (bicyclic) bond motifs is 1.